The number of hydrogen-bond acceptors (Lipinski definition) is 6. The van der Waals surface area contributed by atoms with Gasteiger partial charge in [-0.3, -0.25) is 9.10 Å². The van der Waals surface area contributed by atoms with Crippen molar-refractivity contribution in [1.82, 2.24) is 0 Å². The first-order chi connectivity index (χ1) is 15.7. The number of nitrogens with zero attached hydrogens (tertiary/aromatic N) is 1. The van der Waals surface area contributed by atoms with E-state index in [2.05, 4.69) is 0 Å². The normalized spacial score (nSPS) is 11.9. The van der Waals surface area contributed by atoms with Gasteiger partial charge in [-0.15, -0.1) is 0 Å². The van der Waals surface area contributed by atoms with Crippen molar-refractivity contribution in [2.75, 3.05) is 11.4 Å². The van der Waals surface area contributed by atoms with Crippen LogP contribution in [0.1, 0.15) is 22.8 Å². The molecular formula is C24H24N2O6S. The highest BCUT2D eigenvalue weighted by Gasteiger charge is 2.27. The summed E-state index contributed by atoms with van der Waals surface area (Å²) in [5, 5.41) is 0. The lowest BCUT2D eigenvalue weighted by atomic mass is 10.2. The van der Waals surface area contributed by atoms with Gasteiger partial charge in [0.25, 0.3) is 15.9 Å². The maximum absolute atomic E-state index is 13.7. The molecule has 2 N–H and O–H groups in total. The fraction of sp³-hybridized carbons (Fsp3) is 0.167. The fourth-order valence-corrected chi connectivity index (χ4v) is 4.51. The average Bonchev–Trinajstić information content (AvgIpc) is 2.83. The molecule has 3 aromatic rings. The molecule has 1 amide bonds. The van der Waals surface area contributed by atoms with Crippen LogP contribution in [0, 0.1) is 0 Å². The summed E-state index contributed by atoms with van der Waals surface area (Å²) in [5.41, 5.74) is 6.32. The van der Waals surface area contributed by atoms with Gasteiger partial charge in [-0.25, -0.2) is 13.2 Å². The van der Waals surface area contributed by atoms with Gasteiger partial charge in [0, 0.05) is 0 Å². The van der Waals surface area contributed by atoms with Crippen LogP contribution >= 0.6 is 0 Å². The van der Waals surface area contributed by atoms with Crippen LogP contribution in [0.25, 0.3) is 0 Å². The van der Waals surface area contributed by atoms with E-state index < -0.39 is 28.0 Å². The van der Waals surface area contributed by atoms with Gasteiger partial charge in [0.1, 0.15) is 5.75 Å². The topological polar surface area (TPSA) is 116 Å². The number of carbonyl (C=O) groups excluding carboxylic acids is 2. The second kappa shape index (κ2) is 10.2. The van der Waals surface area contributed by atoms with Crippen LogP contribution in [-0.4, -0.2) is 33.5 Å². The summed E-state index contributed by atoms with van der Waals surface area (Å²) in [7, 11) is -2.55. The van der Waals surface area contributed by atoms with Gasteiger partial charge in [0.05, 0.1) is 29.8 Å². The minimum Gasteiger partial charge on any atom is -0.497 e. The van der Waals surface area contributed by atoms with Crippen LogP contribution in [0.4, 0.5) is 5.69 Å². The molecule has 0 aliphatic heterocycles. The maximum Gasteiger partial charge on any atom is 0.338 e. The summed E-state index contributed by atoms with van der Waals surface area (Å²) >= 11 is 0. The summed E-state index contributed by atoms with van der Waals surface area (Å²) in [5.74, 6) is -1.07. The number of benzene rings is 3. The Hall–Kier alpha value is -3.85. The molecule has 0 radical (unpaired) electrons. The Morgan fingerprint density at radius 1 is 0.970 bits per heavy atom. The molecule has 0 bridgehead atoms. The summed E-state index contributed by atoms with van der Waals surface area (Å²) in [6.07, 6.45) is -1.15. The molecule has 0 saturated carbocycles. The van der Waals surface area contributed by atoms with Gasteiger partial charge in [0.2, 0.25) is 0 Å². The standard InChI is InChI=1S/C24H24N2O6S/c1-17(23(25)27)32-24(28)19-9-6-10-22(15-19)33(29,30)26(16-18-7-4-3-5-8-18)20-11-13-21(31-2)14-12-20/h3-15,17H,16H2,1-2H3,(H2,25,27)/t17-/m1/s1. The van der Waals surface area contributed by atoms with Gasteiger partial charge in [-0.1, -0.05) is 36.4 Å². The summed E-state index contributed by atoms with van der Waals surface area (Å²) < 4.78 is 38.8. The average molecular weight is 469 g/mol. The van der Waals surface area contributed by atoms with E-state index in [1.165, 1.54) is 42.6 Å². The molecular weight excluding hydrogens is 444 g/mol. The predicted octanol–water partition coefficient (Wildman–Crippen LogP) is 3.12. The highest BCUT2D eigenvalue weighted by molar-refractivity contribution is 7.92. The first-order valence-corrected chi connectivity index (χ1v) is 11.5. The number of esters is 1. The van der Waals surface area contributed by atoms with Gasteiger partial charge in [0.15, 0.2) is 6.10 Å². The lowest BCUT2D eigenvalue weighted by Crippen LogP contribution is -2.31. The molecule has 0 aromatic heterocycles. The van der Waals surface area contributed by atoms with E-state index in [4.69, 9.17) is 15.2 Å². The largest absolute Gasteiger partial charge is 0.497 e. The van der Waals surface area contributed by atoms with Crippen LogP contribution in [-0.2, 0) is 26.1 Å². The molecule has 9 heteroatoms. The molecule has 3 aromatic carbocycles. The molecule has 3 rings (SSSR count). The number of rotatable bonds is 9. The smallest absolute Gasteiger partial charge is 0.338 e. The maximum atomic E-state index is 13.7. The van der Waals surface area contributed by atoms with Crippen molar-refractivity contribution in [2.45, 2.75) is 24.5 Å². The fourth-order valence-electron chi connectivity index (χ4n) is 3.01. The second-order valence-corrected chi connectivity index (χ2v) is 9.04. The zero-order valence-electron chi connectivity index (χ0n) is 18.2. The molecule has 0 fully saturated rings. The first-order valence-electron chi connectivity index (χ1n) is 10.0. The zero-order chi connectivity index (χ0) is 24.0. The highest BCUT2D eigenvalue weighted by atomic mass is 32.2. The Morgan fingerprint density at radius 3 is 2.24 bits per heavy atom. The molecule has 0 spiro atoms. The number of amides is 1. The Labute approximate surface area is 192 Å². The molecule has 172 valence electrons. The molecule has 8 nitrogen and oxygen atoms in total. The Bertz CT molecular complexity index is 1230. The van der Waals surface area contributed by atoms with Crippen molar-refractivity contribution in [2.24, 2.45) is 5.73 Å². The van der Waals surface area contributed by atoms with E-state index in [9.17, 15) is 18.0 Å². The quantitative estimate of drug-likeness (QED) is 0.483. The third-order valence-corrected chi connectivity index (χ3v) is 6.64. The third kappa shape index (κ3) is 5.69. The predicted molar refractivity (Wildman–Crippen MR) is 123 cm³/mol. The van der Waals surface area contributed by atoms with Crippen molar-refractivity contribution in [3.8, 4) is 5.75 Å². The molecule has 1 atom stereocenters. The van der Waals surface area contributed by atoms with Crippen LogP contribution in [0.5, 0.6) is 5.75 Å². The van der Waals surface area contributed by atoms with Gasteiger partial charge >= 0.3 is 5.97 Å². The minimum absolute atomic E-state index is 0.0152. The van der Waals surface area contributed by atoms with Crippen LogP contribution in [0.15, 0.2) is 83.8 Å². The summed E-state index contributed by atoms with van der Waals surface area (Å²) in [6.45, 7) is 1.41. The van der Waals surface area contributed by atoms with Crippen molar-refractivity contribution in [3.05, 3.63) is 90.0 Å². The van der Waals surface area contributed by atoms with Crippen molar-refractivity contribution in [3.63, 3.8) is 0 Å². The number of hydrogen-bond donors (Lipinski definition) is 1. The van der Waals surface area contributed by atoms with Crippen molar-refractivity contribution < 1.29 is 27.5 Å². The number of methoxy groups -OCH3 is 1. The van der Waals surface area contributed by atoms with Gasteiger partial charge in [-0.2, -0.15) is 0 Å². The van der Waals surface area contributed by atoms with Gasteiger partial charge < -0.3 is 15.2 Å². The molecule has 0 aliphatic rings. The van der Waals surface area contributed by atoms with E-state index >= 15 is 0 Å². The molecule has 0 aliphatic carbocycles. The number of nitrogens with two attached hydrogens (primary N) is 1. The van der Waals surface area contributed by atoms with Crippen molar-refractivity contribution >= 4 is 27.6 Å². The number of primary amides is 1. The van der Waals surface area contributed by atoms with Crippen LogP contribution in [0.3, 0.4) is 0 Å². The van der Waals surface area contributed by atoms with Crippen LogP contribution in [0.2, 0.25) is 0 Å². The van der Waals surface area contributed by atoms with Gasteiger partial charge in [-0.05, 0) is 55.0 Å². The van der Waals surface area contributed by atoms with E-state index in [-0.39, 0.29) is 17.0 Å². The van der Waals surface area contributed by atoms with Crippen LogP contribution < -0.4 is 14.8 Å². The molecule has 0 unspecified atom stereocenters. The zero-order valence-corrected chi connectivity index (χ0v) is 19.0. The lowest BCUT2D eigenvalue weighted by molar-refractivity contribution is -0.125. The first kappa shape index (κ1) is 23.8. The Balaban J connectivity index is 2.00. The van der Waals surface area contributed by atoms with E-state index in [0.717, 1.165) is 5.56 Å². The monoisotopic (exact) mass is 468 g/mol. The van der Waals surface area contributed by atoms with E-state index in [0.29, 0.717) is 11.4 Å². The number of ether oxygens (including phenoxy) is 2. The molecule has 33 heavy (non-hydrogen) atoms. The van der Waals surface area contributed by atoms with E-state index in [1.807, 2.05) is 30.3 Å². The summed E-state index contributed by atoms with van der Waals surface area (Å²) in [6, 6.07) is 21.2. The minimum atomic E-state index is -4.08. The third-order valence-electron chi connectivity index (χ3n) is 4.87. The Kier molecular flexibility index (Phi) is 7.34. The number of anilines is 1. The Morgan fingerprint density at radius 2 is 1.64 bits per heavy atom. The molecule has 0 heterocycles. The number of sulfonamides is 1. The molecule has 0 saturated heterocycles. The summed E-state index contributed by atoms with van der Waals surface area (Å²) in [4.78, 5) is 23.5. The highest BCUT2D eigenvalue weighted by Crippen LogP contribution is 2.28. The van der Waals surface area contributed by atoms with E-state index in [1.54, 1.807) is 24.3 Å². The van der Waals surface area contributed by atoms with Crippen molar-refractivity contribution in [1.29, 1.82) is 0 Å². The number of carbonyl (C=O) groups is 2. The lowest BCUT2D eigenvalue weighted by Gasteiger charge is -2.25. The second-order valence-electron chi connectivity index (χ2n) is 7.17. The SMILES string of the molecule is COc1ccc(N(Cc2ccccc2)S(=O)(=O)c2cccc(C(=O)O[C@H](C)C(N)=O)c2)cc1.